The molecular formula is C34H42N10O5. The van der Waals surface area contributed by atoms with Crippen molar-refractivity contribution in [3.63, 3.8) is 0 Å². The SMILES string of the molecule is COc1cc(NC(C)CCCNC(c2cccc(CO[C@@H]3COc4nc([N+](=O)[O-])cn4C3)c2)c2nnnn2C(C)(C)C)c2ncccc2c1. The van der Waals surface area contributed by atoms with Crippen molar-refractivity contribution in [2.45, 2.75) is 77.4 Å². The maximum absolute atomic E-state index is 11.1. The highest BCUT2D eigenvalue weighted by Gasteiger charge is 2.29. The fourth-order valence-corrected chi connectivity index (χ4v) is 5.93. The second-order valence-corrected chi connectivity index (χ2v) is 13.2. The number of anilines is 1. The van der Waals surface area contributed by atoms with E-state index in [-0.39, 0.29) is 42.2 Å². The summed E-state index contributed by atoms with van der Waals surface area (Å²) in [4.78, 5) is 19.1. The lowest BCUT2D eigenvalue weighted by atomic mass is 10.0. The maximum atomic E-state index is 11.1. The van der Waals surface area contributed by atoms with E-state index in [4.69, 9.17) is 14.2 Å². The molecule has 2 unspecified atom stereocenters. The molecular weight excluding hydrogens is 628 g/mol. The summed E-state index contributed by atoms with van der Waals surface area (Å²) in [6.07, 6.45) is 4.70. The number of imidazole rings is 1. The van der Waals surface area contributed by atoms with Crippen molar-refractivity contribution in [1.82, 2.24) is 40.1 Å². The van der Waals surface area contributed by atoms with Crippen molar-refractivity contribution in [1.29, 1.82) is 0 Å². The number of methoxy groups -OCH3 is 1. The molecule has 0 saturated heterocycles. The third-order valence-corrected chi connectivity index (χ3v) is 8.35. The van der Waals surface area contributed by atoms with E-state index in [1.54, 1.807) is 17.9 Å². The minimum atomic E-state index is -0.532. The quantitative estimate of drug-likeness (QED) is 0.0920. The Morgan fingerprint density at radius 3 is 2.84 bits per heavy atom. The molecule has 0 aliphatic carbocycles. The van der Waals surface area contributed by atoms with Crippen molar-refractivity contribution in [2.24, 2.45) is 0 Å². The number of nitrogens with zero attached hydrogens (tertiary/aromatic N) is 8. The lowest BCUT2D eigenvalue weighted by Crippen LogP contribution is -2.33. The van der Waals surface area contributed by atoms with Crippen molar-refractivity contribution < 1.29 is 19.1 Å². The largest absolute Gasteiger partial charge is 0.497 e. The lowest BCUT2D eigenvalue weighted by molar-refractivity contribution is -0.389. The van der Waals surface area contributed by atoms with Crippen LogP contribution < -0.4 is 20.1 Å². The van der Waals surface area contributed by atoms with Crippen molar-refractivity contribution in [3.8, 4) is 11.8 Å². The van der Waals surface area contributed by atoms with Crippen molar-refractivity contribution >= 4 is 22.4 Å². The fraction of sp³-hybridized carbons (Fsp3) is 0.441. The highest BCUT2D eigenvalue weighted by atomic mass is 16.6. The summed E-state index contributed by atoms with van der Waals surface area (Å²) in [7, 11) is 1.67. The van der Waals surface area contributed by atoms with E-state index in [0.717, 1.165) is 58.7 Å². The number of aromatic nitrogens is 7. The summed E-state index contributed by atoms with van der Waals surface area (Å²) in [5.74, 6) is 1.27. The Morgan fingerprint density at radius 2 is 2.04 bits per heavy atom. The molecule has 1 aliphatic rings. The Morgan fingerprint density at radius 1 is 1.18 bits per heavy atom. The van der Waals surface area contributed by atoms with E-state index in [0.29, 0.717) is 13.2 Å². The van der Waals surface area contributed by atoms with Gasteiger partial charge in [-0.05, 0) is 85.7 Å². The smallest absolute Gasteiger partial charge is 0.414 e. The second kappa shape index (κ2) is 14.5. The van der Waals surface area contributed by atoms with Crippen LogP contribution in [-0.2, 0) is 23.4 Å². The van der Waals surface area contributed by atoms with Crippen molar-refractivity contribution in [3.05, 3.63) is 88.0 Å². The van der Waals surface area contributed by atoms with Gasteiger partial charge in [0.15, 0.2) is 5.82 Å². The summed E-state index contributed by atoms with van der Waals surface area (Å²) in [6.45, 7) is 10.1. The summed E-state index contributed by atoms with van der Waals surface area (Å²) in [6, 6.07) is 16.3. The van der Waals surface area contributed by atoms with Crippen LogP contribution in [0.15, 0.2) is 60.9 Å². The van der Waals surface area contributed by atoms with E-state index in [1.165, 1.54) is 6.20 Å². The molecule has 0 fully saturated rings. The van der Waals surface area contributed by atoms with E-state index < -0.39 is 4.92 Å². The number of tetrazole rings is 1. The van der Waals surface area contributed by atoms with Gasteiger partial charge in [0.1, 0.15) is 24.7 Å². The Kier molecular flexibility index (Phi) is 10.0. The third kappa shape index (κ3) is 7.95. The zero-order valence-corrected chi connectivity index (χ0v) is 28.4. The molecule has 1 aliphatic heterocycles. The fourth-order valence-electron chi connectivity index (χ4n) is 5.93. The Bertz CT molecular complexity index is 1900. The number of hydrogen-bond acceptors (Lipinski definition) is 12. The van der Waals surface area contributed by atoms with Gasteiger partial charge in [0.05, 0.1) is 43.0 Å². The van der Waals surface area contributed by atoms with Gasteiger partial charge in [0.25, 0.3) is 0 Å². The van der Waals surface area contributed by atoms with Gasteiger partial charge in [-0.2, -0.15) is 0 Å². The number of rotatable bonds is 14. The number of nitro groups is 1. The predicted molar refractivity (Wildman–Crippen MR) is 183 cm³/mol. The van der Waals surface area contributed by atoms with E-state index >= 15 is 0 Å². The molecule has 15 nitrogen and oxygen atoms in total. The molecule has 5 aromatic rings. The first kappa shape index (κ1) is 33.7. The van der Waals surface area contributed by atoms with Gasteiger partial charge in [-0.25, -0.2) is 4.68 Å². The van der Waals surface area contributed by atoms with Crippen LogP contribution in [0.5, 0.6) is 11.8 Å². The van der Waals surface area contributed by atoms with Crippen LogP contribution in [0.3, 0.4) is 0 Å². The second-order valence-electron chi connectivity index (χ2n) is 13.2. The molecule has 2 aromatic carbocycles. The highest BCUT2D eigenvalue weighted by Crippen LogP contribution is 2.29. The molecule has 3 atom stereocenters. The van der Waals surface area contributed by atoms with Gasteiger partial charge in [-0.3, -0.25) is 9.55 Å². The van der Waals surface area contributed by atoms with E-state index in [9.17, 15) is 10.1 Å². The molecule has 3 aromatic heterocycles. The third-order valence-electron chi connectivity index (χ3n) is 8.35. The molecule has 0 radical (unpaired) electrons. The standard InChI is InChI=1S/C34H42N10O5/c1-22(37-28-17-26(47-5)16-25-12-8-14-35-30(25)28)9-7-13-36-31(32-39-40-41-43(32)34(2,3)4)24-11-6-10-23(15-24)20-48-27-18-42-19-29(44(45)46)38-33(42)49-21-27/h6,8,10-12,14-17,19,22,27,31,36-37H,7,9,13,18,20-21H2,1-5H3/t22?,27-,31?/m0/s1. The highest BCUT2D eigenvalue weighted by molar-refractivity contribution is 5.91. The first-order valence-corrected chi connectivity index (χ1v) is 16.4. The maximum Gasteiger partial charge on any atom is 0.414 e. The summed E-state index contributed by atoms with van der Waals surface area (Å²) in [5, 5.41) is 32.3. The van der Waals surface area contributed by atoms with Crippen LogP contribution in [0, 0.1) is 10.1 Å². The molecule has 4 heterocycles. The van der Waals surface area contributed by atoms with E-state index in [1.807, 2.05) is 41.1 Å². The Hall–Kier alpha value is -5.15. The van der Waals surface area contributed by atoms with Gasteiger partial charge in [-0.1, -0.05) is 30.3 Å². The molecule has 0 bridgehead atoms. The minimum Gasteiger partial charge on any atom is -0.497 e. The van der Waals surface area contributed by atoms with Crippen LogP contribution in [0.4, 0.5) is 11.5 Å². The zero-order valence-electron chi connectivity index (χ0n) is 28.4. The first-order chi connectivity index (χ1) is 23.6. The molecule has 0 amide bonds. The monoisotopic (exact) mass is 670 g/mol. The molecule has 15 heteroatoms. The van der Waals surface area contributed by atoms with Crippen LogP contribution in [-0.4, -0.2) is 72.1 Å². The number of benzene rings is 2. The molecule has 258 valence electrons. The molecule has 0 spiro atoms. The summed E-state index contributed by atoms with van der Waals surface area (Å²) in [5.41, 5.74) is 3.52. The average molecular weight is 671 g/mol. The molecule has 6 rings (SSSR count). The number of nitrogens with one attached hydrogen (secondary N) is 2. The number of hydrogen-bond donors (Lipinski definition) is 2. The molecule has 0 saturated carbocycles. The van der Waals surface area contributed by atoms with Crippen LogP contribution >= 0.6 is 0 Å². The predicted octanol–water partition coefficient (Wildman–Crippen LogP) is 5.03. The molecule has 2 N–H and O–H groups in total. The van der Waals surface area contributed by atoms with Gasteiger partial charge in [-0.15, -0.1) is 5.10 Å². The summed E-state index contributed by atoms with van der Waals surface area (Å²) < 4.78 is 20.8. The Balaban J connectivity index is 1.11. The van der Waals surface area contributed by atoms with Gasteiger partial charge in [0, 0.05) is 28.7 Å². The first-order valence-electron chi connectivity index (χ1n) is 16.4. The summed E-state index contributed by atoms with van der Waals surface area (Å²) >= 11 is 0. The van der Waals surface area contributed by atoms with Gasteiger partial charge in [0.2, 0.25) is 0 Å². The van der Waals surface area contributed by atoms with Crippen molar-refractivity contribution in [2.75, 3.05) is 25.6 Å². The number of pyridine rings is 1. The normalized spacial score (nSPS) is 15.7. The zero-order chi connectivity index (χ0) is 34.5. The van der Waals surface area contributed by atoms with Gasteiger partial charge < -0.3 is 35.0 Å². The Labute approximate surface area is 284 Å². The lowest BCUT2D eigenvalue weighted by Gasteiger charge is -2.26. The number of fused-ring (bicyclic) bond motifs is 2. The molecule has 49 heavy (non-hydrogen) atoms. The van der Waals surface area contributed by atoms with E-state index in [2.05, 4.69) is 76.0 Å². The van der Waals surface area contributed by atoms with Crippen LogP contribution in [0.25, 0.3) is 10.9 Å². The topological polar surface area (TPSA) is 169 Å². The van der Waals surface area contributed by atoms with Gasteiger partial charge >= 0.3 is 11.8 Å². The average Bonchev–Trinajstić information content (AvgIpc) is 3.75. The van der Waals surface area contributed by atoms with Crippen LogP contribution in [0.2, 0.25) is 0 Å². The van der Waals surface area contributed by atoms with Crippen LogP contribution in [0.1, 0.15) is 63.5 Å². The number of ether oxygens (including phenoxy) is 3. The minimum absolute atomic E-state index is 0.186.